The third kappa shape index (κ3) is 3.95. The zero-order chi connectivity index (χ0) is 10.2. The second-order valence-corrected chi connectivity index (χ2v) is 3.99. The molecule has 1 rings (SSSR count). The summed E-state index contributed by atoms with van der Waals surface area (Å²) in [7, 11) is 1.77. The van der Waals surface area contributed by atoms with Crippen molar-refractivity contribution >= 4 is 0 Å². The van der Waals surface area contributed by atoms with Gasteiger partial charge in [0.25, 0.3) is 0 Å². The first-order chi connectivity index (χ1) is 6.88. The molecule has 1 saturated heterocycles. The zero-order valence-electron chi connectivity index (χ0n) is 9.42. The molecular formula is C11H23NO2. The lowest BCUT2D eigenvalue weighted by molar-refractivity contribution is 0.0225. The largest absolute Gasteiger partial charge is 0.383 e. The molecule has 0 saturated carbocycles. The number of hydrogen-bond donors (Lipinski definition) is 1. The Labute approximate surface area is 87.2 Å². The van der Waals surface area contributed by atoms with Gasteiger partial charge >= 0.3 is 0 Å². The van der Waals surface area contributed by atoms with Crippen molar-refractivity contribution in [3.05, 3.63) is 0 Å². The average molecular weight is 201 g/mol. The molecule has 1 aliphatic heterocycles. The number of hydrogen-bond acceptors (Lipinski definition) is 3. The lowest BCUT2D eigenvalue weighted by Crippen LogP contribution is -2.43. The maximum atomic E-state index is 5.49. The van der Waals surface area contributed by atoms with Gasteiger partial charge in [0, 0.05) is 19.8 Å². The van der Waals surface area contributed by atoms with Gasteiger partial charge in [0.1, 0.15) is 0 Å². The summed E-state index contributed by atoms with van der Waals surface area (Å²) in [6.45, 7) is 5.89. The fraction of sp³-hybridized carbons (Fsp3) is 1.00. The number of ether oxygens (including phenoxy) is 2. The van der Waals surface area contributed by atoms with Crippen LogP contribution in [0.2, 0.25) is 0 Å². The van der Waals surface area contributed by atoms with E-state index in [1.807, 2.05) is 0 Å². The van der Waals surface area contributed by atoms with Gasteiger partial charge in [0.15, 0.2) is 0 Å². The Morgan fingerprint density at radius 3 is 3.00 bits per heavy atom. The summed E-state index contributed by atoms with van der Waals surface area (Å²) >= 11 is 0. The molecule has 0 bridgehead atoms. The van der Waals surface area contributed by atoms with Crippen LogP contribution in [0.3, 0.4) is 0 Å². The highest BCUT2D eigenvalue weighted by atomic mass is 16.5. The Morgan fingerprint density at radius 1 is 1.57 bits per heavy atom. The predicted octanol–water partition coefficient (Wildman–Crippen LogP) is 1.43. The van der Waals surface area contributed by atoms with Crippen LogP contribution in [-0.4, -0.2) is 39.5 Å². The van der Waals surface area contributed by atoms with Crippen molar-refractivity contribution in [1.82, 2.24) is 5.32 Å². The van der Waals surface area contributed by atoms with E-state index in [-0.39, 0.29) is 0 Å². The van der Waals surface area contributed by atoms with Crippen molar-refractivity contribution in [1.29, 1.82) is 0 Å². The summed E-state index contributed by atoms with van der Waals surface area (Å²) in [6.07, 6.45) is 3.64. The predicted molar refractivity (Wildman–Crippen MR) is 57.5 cm³/mol. The summed E-state index contributed by atoms with van der Waals surface area (Å²) < 4.78 is 10.7. The van der Waals surface area contributed by atoms with E-state index in [9.17, 15) is 0 Å². The molecule has 1 fully saturated rings. The van der Waals surface area contributed by atoms with Crippen LogP contribution < -0.4 is 5.32 Å². The van der Waals surface area contributed by atoms with E-state index >= 15 is 0 Å². The minimum Gasteiger partial charge on any atom is -0.383 e. The molecule has 3 heteroatoms. The van der Waals surface area contributed by atoms with E-state index < -0.39 is 0 Å². The van der Waals surface area contributed by atoms with Gasteiger partial charge in [-0.2, -0.15) is 0 Å². The van der Waals surface area contributed by atoms with Gasteiger partial charge in [-0.05, 0) is 31.7 Å². The van der Waals surface area contributed by atoms with Gasteiger partial charge in [-0.1, -0.05) is 6.92 Å². The number of nitrogens with one attached hydrogen (secondary N) is 1. The van der Waals surface area contributed by atoms with Crippen molar-refractivity contribution < 1.29 is 9.47 Å². The minimum absolute atomic E-state index is 0.472. The van der Waals surface area contributed by atoms with Crippen molar-refractivity contribution in [3.63, 3.8) is 0 Å². The van der Waals surface area contributed by atoms with Crippen molar-refractivity contribution in [2.75, 3.05) is 33.5 Å². The molecule has 0 aliphatic carbocycles. The average Bonchev–Trinajstić information content (AvgIpc) is 2.25. The smallest absolute Gasteiger partial charge is 0.0619 e. The summed E-state index contributed by atoms with van der Waals surface area (Å²) in [6, 6.07) is 0.472. The monoisotopic (exact) mass is 201 g/mol. The highest BCUT2D eigenvalue weighted by Gasteiger charge is 2.23. The lowest BCUT2D eigenvalue weighted by atomic mass is 9.94. The molecule has 2 unspecified atom stereocenters. The number of methoxy groups -OCH3 is 1. The fourth-order valence-electron chi connectivity index (χ4n) is 1.95. The van der Waals surface area contributed by atoms with Crippen LogP contribution in [0.5, 0.6) is 0 Å². The molecule has 3 nitrogen and oxygen atoms in total. The quantitative estimate of drug-likeness (QED) is 0.705. The third-order valence-corrected chi connectivity index (χ3v) is 2.77. The Kier molecular flexibility index (Phi) is 6.15. The van der Waals surface area contributed by atoms with Crippen molar-refractivity contribution in [3.8, 4) is 0 Å². The second-order valence-electron chi connectivity index (χ2n) is 3.99. The second kappa shape index (κ2) is 7.21. The fourth-order valence-corrected chi connectivity index (χ4v) is 1.95. The van der Waals surface area contributed by atoms with Crippen LogP contribution in [0.1, 0.15) is 26.2 Å². The highest BCUT2D eigenvalue weighted by molar-refractivity contribution is 4.78. The summed E-state index contributed by atoms with van der Waals surface area (Å²) in [4.78, 5) is 0. The molecular weight excluding hydrogens is 178 g/mol. The van der Waals surface area contributed by atoms with Crippen LogP contribution in [0, 0.1) is 5.92 Å². The normalized spacial score (nSPS) is 24.9. The highest BCUT2D eigenvalue weighted by Crippen LogP contribution is 2.17. The van der Waals surface area contributed by atoms with Crippen molar-refractivity contribution in [2.45, 2.75) is 32.2 Å². The first kappa shape index (κ1) is 12.0. The minimum atomic E-state index is 0.472. The molecule has 14 heavy (non-hydrogen) atoms. The van der Waals surface area contributed by atoms with E-state index in [1.54, 1.807) is 7.11 Å². The van der Waals surface area contributed by atoms with E-state index in [4.69, 9.17) is 9.47 Å². The molecule has 0 aromatic heterocycles. The maximum absolute atomic E-state index is 5.49. The van der Waals surface area contributed by atoms with E-state index in [2.05, 4.69) is 12.2 Å². The molecule has 0 aromatic rings. The van der Waals surface area contributed by atoms with Gasteiger partial charge in [-0.25, -0.2) is 0 Å². The lowest BCUT2D eigenvalue weighted by Gasteiger charge is -2.30. The Morgan fingerprint density at radius 2 is 2.43 bits per heavy atom. The van der Waals surface area contributed by atoms with Crippen LogP contribution in [0.25, 0.3) is 0 Å². The van der Waals surface area contributed by atoms with Crippen molar-refractivity contribution in [2.24, 2.45) is 5.92 Å². The number of rotatable bonds is 6. The van der Waals surface area contributed by atoms with Crippen LogP contribution in [0.4, 0.5) is 0 Å². The molecule has 0 aromatic carbocycles. The summed E-state index contributed by atoms with van der Waals surface area (Å²) in [5, 5.41) is 3.54. The molecule has 2 atom stereocenters. The Balaban J connectivity index is 2.30. The molecule has 84 valence electrons. The van der Waals surface area contributed by atoms with Gasteiger partial charge in [0.05, 0.1) is 13.2 Å². The van der Waals surface area contributed by atoms with Gasteiger partial charge in [-0.15, -0.1) is 0 Å². The summed E-state index contributed by atoms with van der Waals surface area (Å²) in [5.41, 5.74) is 0. The van der Waals surface area contributed by atoms with Gasteiger partial charge in [-0.3, -0.25) is 0 Å². The standard InChI is InChI=1S/C11H23NO2/c1-3-6-12-11(9-13-2)10-5-4-7-14-8-10/h10-12H,3-9H2,1-2H3. The van der Waals surface area contributed by atoms with E-state index in [0.29, 0.717) is 12.0 Å². The van der Waals surface area contributed by atoms with E-state index in [0.717, 1.165) is 26.4 Å². The third-order valence-electron chi connectivity index (χ3n) is 2.77. The molecule has 0 amide bonds. The molecule has 1 aliphatic rings. The van der Waals surface area contributed by atoms with Crippen LogP contribution >= 0.6 is 0 Å². The van der Waals surface area contributed by atoms with Gasteiger partial charge < -0.3 is 14.8 Å². The SMILES string of the molecule is CCCNC(COC)C1CCCOC1. The Bertz CT molecular complexity index is 135. The first-order valence-electron chi connectivity index (χ1n) is 5.68. The van der Waals surface area contributed by atoms with E-state index in [1.165, 1.54) is 19.3 Å². The molecule has 1 N–H and O–H groups in total. The van der Waals surface area contributed by atoms with Crippen LogP contribution in [0.15, 0.2) is 0 Å². The topological polar surface area (TPSA) is 30.5 Å². The zero-order valence-corrected chi connectivity index (χ0v) is 9.42. The van der Waals surface area contributed by atoms with Gasteiger partial charge in [0.2, 0.25) is 0 Å². The Hall–Kier alpha value is -0.120. The molecule has 1 heterocycles. The maximum Gasteiger partial charge on any atom is 0.0619 e. The molecule has 0 spiro atoms. The summed E-state index contributed by atoms with van der Waals surface area (Å²) in [5.74, 6) is 0.634. The van der Waals surface area contributed by atoms with Crippen LogP contribution in [-0.2, 0) is 9.47 Å². The first-order valence-corrected chi connectivity index (χ1v) is 5.68. The molecule has 0 radical (unpaired) electrons.